The highest BCUT2D eigenvalue weighted by Gasteiger charge is 2.18. The van der Waals surface area contributed by atoms with Gasteiger partial charge in [-0.2, -0.15) is 0 Å². The molecule has 1 N–H and O–H groups in total. The molecule has 8 heteroatoms. The largest absolute Gasteiger partial charge is 0.454 e. The molecule has 0 aliphatic carbocycles. The smallest absolute Gasteiger partial charge is 0.231 e. The van der Waals surface area contributed by atoms with Crippen LogP contribution in [0.15, 0.2) is 47.4 Å². The molecule has 0 fully saturated rings. The fraction of sp³-hybridized carbons (Fsp3) is 0.188. The molecule has 126 valence electrons. The monoisotopic (exact) mass is 367 g/mol. The SMILES string of the molecule is O=C(CCS(=O)(=O)c1cccc(Cl)c1)Nc1ccc2c(c1)OCO2. The zero-order chi connectivity index (χ0) is 17.2. The molecule has 6 nitrogen and oxygen atoms in total. The van der Waals surface area contributed by atoms with Gasteiger partial charge in [0.25, 0.3) is 0 Å². The van der Waals surface area contributed by atoms with E-state index in [2.05, 4.69) is 5.32 Å². The van der Waals surface area contributed by atoms with Crippen LogP contribution in [0.3, 0.4) is 0 Å². The van der Waals surface area contributed by atoms with E-state index in [0.717, 1.165) is 0 Å². The molecule has 1 aliphatic rings. The van der Waals surface area contributed by atoms with Crippen molar-refractivity contribution < 1.29 is 22.7 Å². The summed E-state index contributed by atoms with van der Waals surface area (Å²) in [7, 11) is -3.57. The lowest BCUT2D eigenvalue weighted by Gasteiger charge is -2.07. The van der Waals surface area contributed by atoms with Crippen molar-refractivity contribution in [2.24, 2.45) is 0 Å². The molecule has 0 radical (unpaired) electrons. The highest BCUT2D eigenvalue weighted by molar-refractivity contribution is 7.91. The summed E-state index contributed by atoms with van der Waals surface area (Å²) >= 11 is 5.80. The number of amides is 1. The van der Waals surface area contributed by atoms with Crippen LogP contribution in [0.25, 0.3) is 0 Å². The zero-order valence-corrected chi connectivity index (χ0v) is 14.1. The van der Waals surface area contributed by atoms with Crippen LogP contribution in [0.4, 0.5) is 5.69 Å². The number of hydrogen-bond acceptors (Lipinski definition) is 5. The summed E-state index contributed by atoms with van der Waals surface area (Å²) < 4.78 is 34.8. The lowest BCUT2D eigenvalue weighted by molar-refractivity contribution is -0.115. The van der Waals surface area contributed by atoms with Crippen LogP contribution in [0.5, 0.6) is 11.5 Å². The Labute approximate surface area is 144 Å². The topological polar surface area (TPSA) is 81.7 Å². The van der Waals surface area contributed by atoms with Crippen molar-refractivity contribution in [1.29, 1.82) is 0 Å². The third-order valence-corrected chi connectivity index (χ3v) is 5.36. The summed E-state index contributed by atoms with van der Waals surface area (Å²) in [5.74, 6) is 0.444. The minimum atomic E-state index is -3.57. The summed E-state index contributed by atoms with van der Waals surface area (Å²) in [4.78, 5) is 12.1. The maximum absolute atomic E-state index is 12.2. The molecule has 1 amide bonds. The molecule has 1 aliphatic heterocycles. The second kappa shape index (κ2) is 6.70. The minimum absolute atomic E-state index is 0.103. The summed E-state index contributed by atoms with van der Waals surface area (Å²) in [6.07, 6.45) is -0.163. The van der Waals surface area contributed by atoms with Crippen LogP contribution in [0.1, 0.15) is 6.42 Å². The van der Waals surface area contributed by atoms with Crippen LogP contribution in [-0.2, 0) is 14.6 Å². The Morgan fingerprint density at radius 3 is 2.71 bits per heavy atom. The Kier molecular flexibility index (Phi) is 4.64. The number of rotatable bonds is 5. The third-order valence-electron chi connectivity index (χ3n) is 3.41. The Hall–Kier alpha value is -2.25. The van der Waals surface area contributed by atoms with E-state index in [0.29, 0.717) is 22.2 Å². The number of hydrogen-bond donors (Lipinski definition) is 1. The van der Waals surface area contributed by atoms with Gasteiger partial charge in [0.2, 0.25) is 12.7 Å². The van der Waals surface area contributed by atoms with Gasteiger partial charge >= 0.3 is 0 Å². The quantitative estimate of drug-likeness (QED) is 0.878. The molecule has 0 spiro atoms. The Bertz CT molecular complexity index is 882. The van der Waals surface area contributed by atoms with Crippen molar-refractivity contribution in [3.63, 3.8) is 0 Å². The average Bonchev–Trinajstić information content (AvgIpc) is 3.01. The third kappa shape index (κ3) is 3.80. The van der Waals surface area contributed by atoms with Crippen LogP contribution in [-0.4, -0.2) is 26.9 Å². The minimum Gasteiger partial charge on any atom is -0.454 e. The first-order chi connectivity index (χ1) is 11.4. The average molecular weight is 368 g/mol. The molecule has 0 bridgehead atoms. The fourth-order valence-corrected chi connectivity index (χ4v) is 3.74. The van der Waals surface area contributed by atoms with E-state index < -0.39 is 15.7 Å². The predicted molar refractivity (Wildman–Crippen MR) is 89.3 cm³/mol. The molecule has 3 rings (SSSR count). The fourth-order valence-electron chi connectivity index (χ4n) is 2.20. The van der Waals surface area contributed by atoms with Gasteiger partial charge in [0.05, 0.1) is 10.6 Å². The second-order valence-corrected chi connectivity index (χ2v) is 7.69. The standard InChI is InChI=1S/C16H14ClNO5S/c17-11-2-1-3-13(8-11)24(20,21)7-6-16(19)18-12-4-5-14-15(9-12)23-10-22-14/h1-5,8-9H,6-7,10H2,(H,18,19). The molecular weight excluding hydrogens is 354 g/mol. The predicted octanol–water partition coefficient (Wildman–Crippen LogP) is 2.87. The molecule has 0 aromatic heterocycles. The van der Waals surface area contributed by atoms with Gasteiger partial charge < -0.3 is 14.8 Å². The molecule has 0 saturated heterocycles. The van der Waals surface area contributed by atoms with Crippen LogP contribution in [0, 0.1) is 0 Å². The maximum atomic E-state index is 12.2. The second-order valence-electron chi connectivity index (χ2n) is 5.14. The maximum Gasteiger partial charge on any atom is 0.231 e. The number of ether oxygens (including phenoxy) is 2. The van der Waals surface area contributed by atoms with E-state index >= 15 is 0 Å². The molecule has 2 aromatic rings. The van der Waals surface area contributed by atoms with Crippen molar-refractivity contribution in [1.82, 2.24) is 0 Å². The zero-order valence-electron chi connectivity index (χ0n) is 12.5. The summed E-state index contributed by atoms with van der Waals surface area (Å²) in [6, 6.07) is 10.9. The Morgan fingerprint density at radius 1 is 1.12 bits per heavy atom. The molecule has 0 unspecified atom stereocenters. The van der Waals surface area contributed by atoms with Gasteiger partial charge in [0.1, 0.15) is 0 Å². The van der Waals surface area contributed by atoms with Gasteiger partial charge in [-0.15, -0.1) is 0 Å². The van der Waals surface area contributed by atoms with Crippen molar-refractivity contribution in [2.45, 2.75) is 11.3 Å². The van der Waals surface area contributed by atoms with Crippen LogP contribution in [0.2, 0.25) is 5.02 Å². The van der Waals surface area contributed by atoms with E-state index in [4.69, 9.17) is 21.1 Å². The first-order valence-corrected chi connectivity index (χ1v) is 9.15. The lowest BCUT2D eigenvalue weighted by atomic mass is 10.2. The molecular formula is C16H14ClNO5S. The van der Waals surface area contributed by atoms with Crippen molar-refractivity contribution in [3.8, 4) is 11.5 Å². The summed E-state index contributed by atoms with van der Waals surface area (Å²) in [5.41, 5.74) is 0.518. The van der Waals surface area contributed by atoms with Gasteiger partial charge in [-0.1, -0.05) is 17.7 Å². The van der Waals surface area contributed by atoms with E-state index in [9.17, 15) is 13.2 Å². The lowest BCUT2D eigenvalue weighted by Crippen LogP contribution is -2.17. The van der Waals surface area contributed by atoms with Crippen LogP contribution >= 0.6 is 11.6 Å². The number of carbonyl (C=O) groups is 1. The summed E-state index contributed by atoms with van der Waals surface area (Å²) in [5, 5.41) is 2.98. The highest BCUT2D eigenvalue weighted by atomic mass is 35.5. The van der Waals surface area contributed by atoms with Gasteiger partial charge in [0.15, 0.2) is 21.3 Å². The first-order valence-electron chi connectivity index (χ1n) is 7.12. The van der Waals surface area contributed by atoms with E-state index in [1.54, 1.807) is 30.3 Å². The number of carbonyl (C=O) groups excluding carboxylic acids is 1. The molecule has 0 atom stereocenters. The van der Waals surface area contributed by atoms with Gasteiger partial charge in [0, 0.05) is 23.2 Å². The number of fused-ring (bicyclic) bond motifs is 1. The van der Waals surface area contributed by atoms with Crippen molar-refractivity contribution in [3.05, 3.63) is 47.5 Å². The molecule has 1 heterocycles. The number of halogens is 1. The van der Waals surface area contributed by atoms with E-state index in [1.807, 2.05) is 0 Å². The molecule has 0 saturated carbocycles. The van der Waals surface area contributed by atoms with Gasteiger partial charge in [-0.3, -0.25) is 4.79 Å². The normalized spacial score (nSPS) is 12.9. The molecule has 2 aromatic carbocycles. The van der Waals surface area contributed by atoms with E-state index in [1.165, 1.54) is 12.1 Å². The van der Waals surface area contributed by atoms with E-state index in [-0.39, 0.29) is 23.9 Å². The van der Waals surface area contributed by atoms with Gasteiger partial charge in [-0.05, 0) is 30.3 Å². The first kappa shape index (κ1) is 16.6. The molecule has 24 heavy (non-hydrogen) atoms. The van der Waals surface area contributed by atoms with Crippen molar-refractivity contribution in [2.75, 3.05) is 17.9 Å². The summed E-state index contributed by atoms with van der Waals surface area (Å²) in [6.45, 7) is 0.143. The number of sulfone groups is 1. The van der Waals surface area contributed by atoms with Gasteiger partial charge in [-0.25, -0.2) is 8.42 Å². The Morgan fingerprint density at radius 2 is 1.92 bits per heavy atom. The number of nitrogens with one attached hydrogen (secondary N) is 1. The van der Waals surface area contributed by atoms with Crippen molar-refractivity contribution >= 4 is 33.0 Å². The van der Waals surface area contributed by atoms with Crippen LogP contribution < -0.4 is 14.8 Å². The Balaban J connectivity index is 1.61. The number of anilines is 1. The number of benzene rings is 2. The highest BCUT2D eigenvalue weighted by Crippen LogP contribution is 2.34.